The van der Waals surface area contributed by atoms with Gasteiger partial charge in [-0.15, -0.1) is 6.42 Å². The van der Waals surface area contributed by atoms with Crippen molar-refractivity contribution in [2.45, 2.75) is 30.9 Å². The summed E-state index contributed by atoms with van der Waals surface area (Å²) in [7, 11) is 0. The minimum atomic E-state index is -0.953. The highest BCUT2D eigenvalue weighted by molar-refractivity contribution is 5.19. The van der Waals surface area contributed by atoms with E-state index in [4.69, 9.17) is 22.0 Å². The molecule has 1 aliphatic rings. The molecule has 0 radical (unpaired) electrons. The lowest BCUT2D eigenvalue weighted by Gasteiger charge is -2.15. The van der Waals surface area contributed by atoms with E-state index in [1.54, 1.807) is 0 Å². The third-order valence-corrected chi connectivity index (χ3v) is 3.20. The largest absolute Gasteiger partial charge is 0.394 e. The van der Waals surface area contributed by atoms with Gasteiger partial charge in [0.2, 0.25) is 0 Å². The van der Waals surface area contributed by atoms with Gasteiger partial charge in [-0.3, -0.25) is 14.3 Å². The van der Waals surface area contributed by atoms with E-state index in [0.717, 1.165) is 4.57 Å². The standard InChI is InChI=1S/C12H15N3O5/c1-2-7(13)6-4-15(12(19)14-11(6)18)10-3-8(17)9(5-16)20-10/h1,4,7-10,16-17H,3,5,13H2,(H,14,18,19)/t7?,8-,9+,10+/m0/s1. The Kier molecular flexibility index (Phi) is 4.06. The molecule has 2 rings (SSSR count). The molecule has 4 atom stereocenters. The highest BCUT2D eigenvalue weighted by atomic mass is 16.5. The van der Waals surface area contributed by atoms with E-state index >= 15 is 0 Å². The number of hydrogen-bond donors (Lipinski definition) is 4. The van der Waals surface area contributed by atoms with Crippen LogP contribution in [0.15, 0.2) is 15.8 Å². The van der Waals surface area contributed by atoms with Crippen LogP contribution in [0.3, 0.4) is 0 Å². The van der Waals surface area contributed by atoms with Crippen molar-refractivity contribution in [3.8, 4) is 12.3 Å². The number of nitrogens with zero attached hydrogens (tertiary/aromatic N) is 1. The molecule has 20 heavy (non-hydrogen) atoms. The summed E-state index contributed by atoms with van der Waals surface area (Å²) in [4.78, 5) is 25.5. The molecular weight excluding hydrogens is 266 g/mol. The second-order valence-electron chi connectivity index (χ2n) is 4.51. The number of aliphatic hydroxyl groups is 2. The van der Waals surface area contributed by atoms with Gasteiger partial charge in [-0.1, -0.05) is 5.92 Å². The monoisotopic (exact) mass is 281 g/mol. The predicted octanol–water partition coefficient (Wildman–Crippen LogP) is -2.19. The van der Waals surface area contributed by atoms with Gasteiger partial charge in [-0.25, -0.2) is 4.79 Å². The minimum Gasteiger partial charge on any atom is -0.394 e. The number of hydrogen-bond acceptors (Lipinski definition) is 6. The number of nitrogens with one attached hydrogen (secondary N) is 1. The van der Waals surface area contributed by atoms with Crippen LogP contribution in [0.4, 0.5) is 0 Å². The van der Waals surface area contributed by atoms with E-state index in [9.17, 15) is 14.7 Å². The second kappa shape index (κ2) is 5.60. The maximum absolute atomic E-state index is 11.8. The molecule has 1 aromatic heterocycles. The number of aromatic nitrogens is 2. The van der Waals surface area contributed by atoms with Crippen LogP contribution < -0.4 is 17.0 Å². The Bertz CT molecular complexity index is 644. The lowest BCUT2D eigenvalue weighted by molar-refractivity contribution is -0.0460. The Morgan fingerprint density at radius 3 is 2.90 bits per heavy atom. The van der Waals surface area contributed by atoms with Gasteiger partial charge in [0.05, 0.1) is 24.3 Å². The van der Waals surface area contributed by atoms with Crippen LogP contribution in [-0.4, -0.2) is 38.6 Å². The van der Waals surface area contributed by atoms with E-state index in [1.165, 1.54) is 6.20 Å². The van der Waals surface area contributed by atoms with E-state index in [0.29, 0.717) is 0 Å². The molecule has 1 unspecified atom stereocenters. The molecule has 0 spiro atoms. The van der Waals surface area contributed by atoms with Gasteiger partial charge in [-0.05, 0) is 0 Å². The van der Waals surface area contributed by atoms with Crippen molar-refractivity contribution in [2.24, 2.45) is 5.73 Å². The molecule has 1 aromatic rings. The van der Waals surface area contributed by atoms with Crippen molar-refractivity contribution in [3.63, 3.8) is 0 Å². The molecule has 1 fully saturated rings. The molecule has 1 aliphatic heterocycles. The molecule has 108 valence electrons. The van der Waals surface area contributed by atoms with Crippen LogP contribution in [0.2, 0.25) is 0 Å². The predicted molar refractivity (Wildman–Crippen MR) is 68.7 cm³/mol. The van der Waals surface area contributed by atoms with Gasteiger partial charge in [0.25, 0.3) is 5.56 Å². The summed E-state index contributed by atoms with van der Waals surface area (Å²) in [6.45, 7) is -0.369. The van der Waals surface area contributed by atoms with E-state index < -0.39 is 35.7 Å². The van der Waals surface area contributed by atoms with Crippen molar-refractivity contribution in [3.05, 3.63) is 32.6 Å². The number of ether oxygens (including phenoxy) is 1. The first-order valence-corrected chi connectivity index (χ1v) is 5.99. The summed E-state index contributed by atoms with van der Waals surface area (Å²) in [5.41, 5.74) is 4.29. The zero-order chi connectivity index (χ0) is 14.9. The maximum atomic E-state index is 11.8. The average molecular weight is 281 g/mol. The summed E-state index contributed by atoms with van der Waals surface area (Å²) in [5.74, 6) is 2.20. The molecule has 8 nitrogen and oxygen atoms in total. The molecule has 8 heteroatoms. The number of terminal acetylenes is 1. The number of H-pyrrole nitrogens is 1. The third kappa shape index (κ3) is 2.52. The van der Waals surface area contributed by atoms with Crippen LogP contribution in [0, 0.1) is 12.3 Å². The zero-order valence-corrected chi connectivity index (χ0v) is 10.5. The van der Waals surface area contributed by atoms with Crippen molar-refractivity contribution in [1.82, 2.24) is 9.55 Å². The van der Waals surface area contributed by atoms with Crippen LogP contribution >= 0.6 is 0 Å². The third-order valence-electron chi connectivity index (χ3n) is 3.20. The fraction of sp³-hybridized carbons (Fsp3) is 0.500. The quantitative estimate of drug-likeness (QED) is 0.466. The Balaban J connectivity index is 2.41. The Labute approximate surface area is 113 Å². The van der Waals surface area contributed by atoms with E-state index in [1.807, 2.05) is 0 Å². The first-order valence-electron chi connectivity index (χ1n) is 5.99. The highest BCUT2D eigenvalue weighted by Gasteiger charge is 2.35. The summed E-state index contributed by atoms with van der Waals surface area (Å²) < 4.78 is 6.45. The zero-order valence-electron chi connectivity index (χ0n) is 10.5. The molecule has 0 aliphatic carbocycles. The fourth-order valence-electron chi connectivity index (χ4n) is 2.08. The normalized spacial score (nSPS) is 27.2. The van der Waals surface area contributed by atoms with Crippen molar-refractivity contribution < 1.29 is 14.9 Å². The van der Waals surface area contributed by atoms with E-state index in [-0.39, 0.29) is 18.6 Å². The number of rotatable bonds is 3. The first-order chi connectivity index (χ1) is 9.47. The van der Waals surface area contributed by atoms with Gasteiger partial charge >= 0.3 is 5.69 Å². The Hall–Kier alpha value is -1.92. The molecule has 0 saturated carbocycles. The molecule has 0 bridgehead atoms. The smallest absolute Gasteiger partial charge is 0.330 e. The molecule has 0 amide bonds. The van der Waals surface area contributed by atoms with Gasteiger partial charge in [0.15, 0.2) is 0 Å². The molecule has 0 aromatic carbocycles. The van der Waals surface area contributed by atoms with Crippen LogP contribution in [0.25, 0.3) is 0 Å². The topological polar surface area (TPSA) is 131 Å². The van der Waals surface area contributed by atoms with Crippen molar-refractivity contribution in [2.75, 3.05) is 6.61 Å². The first kappa shape index (κ1) is 14.5. The Morgan fingerprint density at radius 1 is 1.65 bits per heavy atom. The van der Waals surface area contributed by atoms with Gasteiger partial charge < -0.3 is 20.7 Å². The summed E-state index contributed by atoms with van der Waals surface area (Å²) in [5, 5.41) is 18.7. The minimum absolute atomic E-state index is 0.0534. The van der Waals surface area contributed by atoms with Gasteiger partial charge in [0, 0.05) is 12.6 Å². The molecule has 5 N–H and O–H groups in total. The van der Waals surface area contributed by atoms with Crippen molar-refractivity contribution >= 4 is 0 Å². The number of aliphatic hydroxyl groups excluding tert-OH is 2. The number of nitrogens with two attached hydrogens (primary N) is 1. The molecule has 2 heterocycles. The fourth-order valence-corrected chi connectivity index (χ4v) is 2.08. The molecule has 1 saturated heterocycles. The van der Waals surface area contributed by atoms with Crippen LogP contribution in [0.5, 0.6) is 0 Å². The van der Waals surface area contributed by atoms with Crippen LogP contribution in [0.1, 0.15) is 24.3 Å². The highest BCUT2D eigenvalue weighted by Crippen LogP contribution is 2.27. The summed E-state index contributed by atoms with van der Waals surface area (Å²) >= 11 is 0. The van der Waals surface area contributed by atoms with E-state index in [2.05, 4.69) is 10.9 Å². The maximum Gasteiger partial charge on any atom is 0.330 e. The van der Waals surface area contributed by atoms with Gasteiger partial charge in [0.1, 0.15) is 12.3 Å². The SMILES string of the molecule is C#CC(N)c1cn([C@H]2C[C@H](O)[C@@H](CO)O2)c(=O)[nH]c1=O. The van der Waals surface area contributed by atoms with Crippen molar-refractivity contribution in [1.29, 1.82) is 0 Å². The molecular formula is C12H15N3O5. The summed E-state index contributed by atoms with van der Waals surface area (Å²) in [6.07, 6.45) is 4.03. The Morgan fingerprint density at radius 2 is 2.35 bits per heavy atom. The average Bonchev–Trinajstić information content (AvgIpc) is 2.79. The lowest BCUT2D eigenvalue weighted by Crippen LogP contribution is -2.36. The number of aromatic amines is 1. The van der Waals surface area contributed by atoms with Crippen LogP contribution in [-0.2, 0) is 4.74 Å². The summed E-state index contributed by atoms with van der Waals surface area (Å²) in [6, 6.07) is -0.953. The second-order valence-corrected chi connectivity index (χ2v) is 4.51. The van der Waals surface area contributed by atoms with Gasteiger partial charge in [-0.2, -0.15) is 0 Å². The lowest BCUT2D eigenvalue weighted by atomic mass is 10.1.